The van der Waals surface area contributed by atoms with Crippen molar-refractivity contribution in [1.29, 1.82) is 0 Å². The topological polar surface area (TPSA) is 94.1 Å². The van der Waals surface area contributed by atoms with E-state index in [4.69, 9.17) is 10.5 Å². The van der Waals surface area contributed by atoms with Crippen molar-refractivity contribution < 1.29 is 14.3 Å². The third-order valence-corrected chi connectivity index (χ3v) is 2.03. The van der Waals surface area contributed by atoms with Crippen molar-refractivity contribution in [3.63, 3.8) is 0 Å². The monoisotopic (exact) mass is 219 g/mol. The zero-order valence-electron chi connectivity index (χ0n) is 8.56. The Morgan fingerprint density at radius 2 is 1.75 bits per heavy atom. The molecule has 0 atom stereocenters. The Kier molecular flexibility index (Phi) is 2.40. The van der Waals surface area contributed by atoms with E-state index in [-0.39, 0.29) is 0 Å². The Morgan fingerprint density at radius 3 is 2.31 bits per heavy atom. The Hall–Kier alpha value is -2.24. The van der Waals surface area contributed by atoms with E-state index in [1.165, 1.54) is 12.1 Å². The van der Waals surface area contributed by atoms with E-state index in [1.54, 1.807) is 0 Å². The van der Waals surface area contributed by atoms with Crippen LogP contribution in [0.1, 0.15) is 6.92 Å². The highest BCUT2D eigenvalue weighted by Gasteiger charge is 2.16. The Balaban J connectivity index is 2.68. The van der Waals surface area contributed by atoms with Crippen LogP contribution in [-0.2, 0) is 9.59 Å². The number of ether oxygens (including phenoxy) is 1. The van der Waals surface area contributed by atoms with E-state index in [1.807, 2.05) is 6.92 Å². The van der Waals surface area contributed by atoms with Crippen molar-refractivity contribution in [2.45, 2.75) is 6.92 Å². The van der Waals surface area contributed by atoms with Crippen LogP contribution >= 0.6 is 0 Å². The lowest BCUT2D eigenvalue weighted by molar-refractivity contribution is -0.135. The second kappa shape index (κ2) is 3.73. The molecule has 0 radical (unpaired) electrons. The number of rotatable bonds is 2. The Bertz CT molecular complexity index is 592. The molecule has 2 amide bonds. The van der Waals surface area contributed by atoms with Crippen LogP contribution in [0.4, 0.5) is 5.69 Å². The molecule has 0 bridgehead atoms. The number of nitrogens with two attached hydrogens (primary N) is 1. The number of carbonyl (C=O) groups excluding carboxylic acids is 2. The summed E-state index contributed by atoms with van der Waals surface area (Å²) in [5, 5.41) is 0.604. The normalized spacial score (nSPS) is 13.8. The molecule has 0 fully saturated rings. The second-order valence-corrected chi connectivity index (χ2v) is 3.15. The number of amides is 2. The molecule has 16 heavy (non-hydrogen) atoms. The minimum atomic E-state index is -0.879. The molecule has 1 aliphatic heterocycles. The van der Waals surface area contributed by atoms with Crippen LogP contribution in [-0.4, -0.2) is 18.4 Å². The summed E-state index contributed by atoms with van der Waals surface area (Å²) in [7, 11) is 0. The number of anilines is 1. The first-order valence-corrected chi connectivity index (χ1v) is 4.70. The van der Waals surface area contributed by atoms with Gasteiger partial charge in [-0.05, 0) is 13.0 Å². The number of carbonyl (C=O) groups is 2. The number of hydrogen-bond acceptors (Lipinski definition) is 4. The lowest BCUT2D eigenvalue weighted by Crippen LogP contribution is -2.34. The highest BCUT2D eigenvalue weighted by Crippen LogP contribution is 2.16. The van der Waals surface area contributed by atoms with E-state index in [2.05, 4.69) is 9.98 Å². The SMILES string of the molecule is CCOc1cc2c(cc1N)=NC(=O)C(=O)N=2. The van der Waals surface area contributed by atoms with Crippen LogP contribution in [0.15, 0.2) is 22.1 Å². The van der Waals surface area contributed by atoms with Crippen LogP contribution in [0.2, 0.25) is 0 Å². The molecule has 1 heterocycles. The largest absolute Gasteiger partial charge is 0.492 e. The predicted octanol–water partition coefficient (Wildman–Crippen LogP) is -1.03. The summed E-state index contributed by atoms with van der Waals surface area (Å²) in [5.41, 5.74) is 6.05. The van der Waals surface area contributed by atoms with Crippen LogP contribution in [0.3, 0.4) is 0 Å². The van der Waals surface area contributed by atoms with Crippen LogP contribution in [0.25, 0.3) is 0 Å². The molecule has 0 saturated heterocycles. The Labute approximate surface area is 90.5 Å². The van der Waals surface area contributed by atoms with Gasteiger partial charge >= 0.3 is 11.8 Å². The van der Waals surface area contributed by atoms with Crippen LogP contribution in [0.5, 0.6) is 5.75 Å². The van der Waals surface area contributed by atoms with Gasteiger partial charge in [-0.25, -0.2) is 9.98 Å². The van der Waals surface area contributed by atoms with Gasteiger partial charge in [-0.15, -0.1) is 0 Å². The summed E-state index contributed by atoms with van der Waals surface area (Å²) in [6.07, 6.45) is 0. The van der Waals surface area contributed by atoms with Crippen molar-refractivity contribution in [1.82, 2.24) is 0 Å². The smallest absolute Gasteiger partial charge is 0.338 e. The number of hydrogen-bond donors (Lipinski definition) is 1. The molecule has 2 rings (SSSR count). The fraction of sp³-hybridized carbons (Fsp3) is 0.200. The highest BCUT2D eigenvalue weighted by molar-refractivity contribution is 6.36. The first-order chi connectivity index (χ1) is 7.61. The molecule has 0 aromatic heterocycles. The Morgan fingerprint density at radius 1 is 1.19 bits per heavy atom. The predicted molar refractivity (Wildman–Crippen MR) is 54.3 cm³/mol. The van der Waals surface area contributed by atoms with Crippen molar-refractivity contribution in [2.24, 2.45) is 9.98 Å². The van der Waals surface area contributed by atoms with Gasteiger partial charge in [-0.2, -0.15) is 0 Å². The van der Waals surface area contributed by atoms with Gasteiger partial charge in [-0.1, -0.05) is 0 Å². The van der Waals surface area contributed by atoms with E-state index in [0.29, 0.717) is 28.8 Å². The number of nitrogen functional groups attached to an aromatic ring is 1. The minimum Gasteiger partial charge on any atom is -0.492 e. The molecule has 0 spiro atoms. The maximum Gasteiger partial charge on any atom is 0.338 e. The zero-order chi connectivity index (χ0) is 11.7. The zero-order valence-corrected chi connectivity index (χ0v) is 8.56. The maximum atomic E-state index is 11.0. The van der Waals surface area contributed by atoms with Gasteiger partial charge in [0.2, 0.25) is 0 Å². The number of fused-ring (bicyclic) bond motifs is 1. The fourth-order valence-electron chi connectivity index (χ4n) is 1.35. The highest BCUT2D eigenvalue weighted by atomic mass is 16.5. The van der Waals surface area contributed by atoms with E-state index in [0.717, 1.165) is 0 Å². The molecule has 6 nitrogen and oxygen atoms in total. The molecular weight excluding hydrogens is 210 g/mol. The minimum absolute atomic E-state index is 0.297. The average molecular weight is 219 g/mol. The molecule has 1 aliphatic rings. The summed E-state index contributed by atoms with van der Waals surface area (Å²) in [5.74, 6) is -1.32. The van der Waals surface area contributed by atoms with Gasteiger partial charge in [0, 0.05) is 6.07 Å². The molecule has 6 heteroatoms. The second-order valence-electron chi connectivity index (χ2n) is 3.15. The quantitative estimate of drug-likeness (QED) is 0.508. The molecule has 2 N–H and O–H groups in total. The fourth-order valence-corrected chi connectivity index (χ4v) is 1.35. The molecule has 1 aromatic rings. The summed E-state index contributed by atoms with van der Waals surface area (Å²) < 4.78 is 5.24. The van der Waals surface area contributed by atoms with Gasteiger partial charge in [0.25, 0.3) is 0 Å². The van der Waals surface area contributed by atoms with Crippen LogP contribution < -0.4 is 21.2 Å². The molecule has 0 saturated carbocycles. The van der Waals surface area contributed by atoms with Gasteiger partial charge in [0.1, 0.15) is 5.75 Å². The molecular formula is C10H9N3O3. The summed E-state index contributed by atoms with van der Waals surface area (Å²) in [6.45, 7) is 2.27. The average Bonchev–Trinajstić information content (AvgIpc) is 2.23. The summed E-state index contributed by atoms with van der Waals surface area (Å²) in [4.78, 5) is 29.2. The van der Waals surface area contributed by atoms with Gasteiger partial charge in [-0.3, -0.25) is 9.59 Å². The molecule has 0 aliphatic carbocycles. The molecule has 82 valence electrons. The van der Waals surface area contributed by atoms with E-state index < -0.39 is 11.8 Å². The lowest BCUT2D eigenvalue weighted by Gasteiger charge is -2.06. The van der Waals surface area contributed by atoms with Gasteiger partial charge in [0.05, 0.1) is 23.0 Å². The summed E-state index contributed by atoms with van der Waals surface area (Å²) >= 11 is 0. The van der Waals surface area contributed by atoms with E-state index >= 15 is 0 Å². The molecule has 0 unspecified atom stereocenters. The number of nitrogens with zero attached hydrogens (tertiary/aromatic N) is 2. The number of benzene rings is 1. The van der Waals surface area contributed by atoms with Gasteiger partial charge in [0.15, 0.2) is 0 Å². The summed E-state index contributed by atoms with van der Waals surface area (Å²) in [6, 6.07) is 2.97. The third kappa shape index (κ3) is 1.65. The first-order valence-electron chi connectivity index (χ1n) is 4.70. The van der Waals surface area contributed by atoms with Crippen LogP contribution in [0, 0.1) is 0 Å². The third-order valence-electron chi connectivity index (χ3n) is 2.03. The lowest BCUT2D eigenvalue weighted by atomic mass is 10.2. The van der Waals surface area contributed by atoms with Gasteiger partial charge < -0.3 is 10.5 Å². The van der Waals surface area contributed by atoms with Crippen molar-refractivity contribution in [2.75, 3.05) is 12.3 Å². The maximum absolute atomic E-state index is 11.0. The standard InChI is InChI=1S/C10H9N3O3/c1-2-16-8-4-7-6(3-5(8)11)12-9(14)10(15)13-7/h3-4H,2,11H2,1H3. The van der Waals surface area contributed by atoms with Crippen molar-refractivity contribution in [3.8, 4) is 5.75 Å². The van der Waals surface area contributed by atoms with Crippen molar-refractivity contribution in [3.05, 3.63) is 22.8 Å². The molecule has 1 aromatic carbocycles. The van der Waals surface area contributed by atoms with Crippen molar-refractivity contribution >= 4 is 17.5 Å². The first kappa shape index (κ1) is 10.3. The van der Waals surface area contributed by atoms with E-state index in [9.17, 15) is 9.59 Å².